The van der Waals surface area contributed by atoms with Crippen molar-refractivity contribution < 1.29 is 33.6 Å². The Morgan fingerprint density at radius 3 is 2.00 bits per heavy atom. The minimum Gasteiger partial charge on any atom is -0.493 e. The van der Waals surface area contributed by atoms with E-state index in [1.807, 2.05) is 0 Å². The van der Waals surface area contributed by atoms with Gasteiger partial charge in [-0.05, 0) is 35.9 Å². The third kappa shape index (κ3) is 4.59. The number of hydrogen-bond acceptors (Lipinski definition) is 7. The number of ether oxygens (including phenoxy) is 4. The molecule has 0 unspecified atom stereocenters. The molecule has 0 atom stereocenters. The summed E-state index contributed by atoms with van der Waals surface area (Å²) in [5.41, 5.74) is 0.268. The lowest BCUT2D eigenvalue weighted by Crippen LogP contribution is -2.09. The minimum absolute atomic E-state index is 0.191. The molecule has 0 amide bonds. The highest BCUT2D eigenvalue weighted by Gasteiger charge is 2.18. The molecular weight excluding hydrogens is 366 g/mol. The molecule has 2 aromatic rings. The van der Waals surface area contributed by atoms with E-state index in [9.17, 15) is 9.59 Å². The summed E-state index contributed by atoms with van der Waals surface area (Å²) in [6, 6.07) is 10.5. The van der Waals surface area contributed by atoms with E-state index in [-0.39, 0.29) is 11.3 Å². The number of esters is 1. The zero-order valence-corrected chi connectivity index (χ0v) is 15.4. The number of benzene rings is 2. The van der Waals surface area contributed by atoms with Crippen LogP contribution in [0, 0.1) is 11.3 Å². The fourth-order valence-corrected chi connectivity index (χ4v) is 2.31. The van der Waals surface area contributed by atoms with Gasteiger partial charge in [0.15, 0.2) is 11.5 Å². The molecule has 0 heterocycles. The minimum atomic E-state index is -1.32. The van der Waals surface area contributed by atoms with Crippen LogP contribution in [0.15, 0.2) is 42.0 Å². The first-order chi connectivity index (χ1) is 13.4. The van der Waals surface area contributed by atoms with E-state index in [4.69, 9.17) is 29.3 Å². The molecule has 0 aliphatic carbocycles. The number of carboxylic acids is 1. The smallest absolute Gasteiger partial charge is 0.346 e. The molecule has 2 aromatic carbocycles. The third-order valence-corrected chi connectivity index (χ3v) is 3.65. The van der Waals surface area contributed by atoms with Crippen molar-refractivity contribution in [1.82, 2.24) is 0 Å². The monoisotopic (exact) mass is 383 g/mol. The number of hydrogen-bond donors (Lipinski definition) is 1. The van der Waals surface area contributed by atoms with Crippen LogP contribution >= 0.6 is 0 Å². The van der Waals surface area contributed by atoms with Gasteiger partial charge in [-0.25, -0.2) is 9.59 Å². The number of nitriles is 1. The second-order valence-electron chi connectivity index (χ2n) is 5.35. The molecule has 1 N–H and O–H groups in total. The van der Waals surface area contributed by atoms with Gasteiger partial charge >= 0.3 is 11.9 Å². The highest BCUT2D eigenvalue weighted by atomic mass is 16.5. The van der Waals surface area contributed by atoms with Crippen molar-refractivity contribution in [3.8, 4) is 29.1 Å². The topological polar surface area (TPSA) is 115 Å². The Kier molecular flexibility index (Phi) is 6.60. The molecule has 144 valence electrons. The second kappa shape index (κ2) is 9.09. The first kappa shape index (κ1) is 20.3. The van der Waals surface area contributed by atoms with E-state index >= 15 is 0 Å². The first-order valence-electron chi connectivity index (χ1n) is 7.90. The largest absolute Gasteiger partial charge is 0.493 e. The SMILES string of the molecule is COc1cc(C(=O)Oc2ccc(/C=C(\C#N)C(=O)O)cc2)cc(OC)c1OC. The van der Waals surface area contributed by atoms with Crippen LogP contribution < -0.4 is 18.9 Å². The summed E-state index contributed by atoms with van der Waals surface area (Å²) in [6.45, 7) is 0. The predicted molar refractivity (Wildman–Crippen MR) is 98.7 cm³/mol. The number of nitrogens with zero attached hydrogens (tertiary/aromatic N) is 1. The molecule has 8 nitrogen and oxygen atoms in total. The quantitative estimate of drug-likeness (QED) is 0.336. The van der Waals surface area contributed by atoms with Crippen molar-refractivity contribution in [1.29, 1.82) is 5.26 Å². The maximum Gasteiger partial charge on any atom is 0.346 e. The van der Waals surface area contributed by atoms with Gasteiger partial charge in [0, 0.05) is 0 Å². The van der Waals surface area contributed by atoms with E-state index in [0.717, 1.165) is 0 Å². The van der Waals surface area contributed by atoms with E-state index in [2.05, 4.69) is 0 Å². The molecule has 0 saturated carbocycles. The van der Waals surface area contributed by atoms with Gasteiger partial charge in [-0.1, -0.05) is 12.1 Å². The lowest BCUT2D eigenvalue weighted by molar-refractivity contribution is -0.132. The van der Waals surface area contributed by atoms with Crippen LogP contribution in [0.3, 0.4) is 0 Å². The molecule has 28 heavy (non-hydrogen) atoms. The summed E-state index contributed by atoms with van der Waals surface area (Å²) in [5, 5.41) is 17.6. The van der Waals surface area contributed by atoms with Crippen LogP contribution in [0.1, 0.15) is 15.9 Å². The van der Waals surface area contributed by atoms with Crippen molar-refractivity contribution >= 4 is 18.0 Å². The number of carboxylic acid groups (broad SMARTS) is 1. The zero-order valence-electron chi connectivity index (χ0n) is 15.4. The van der Waals surface area contributed by atoms with Crippen molar-refractivity contribution in [3.63, 3.8) is 0 Å². The maximum absolute atomic E-state index is 12.4. The van der Waals surface area contributed by atoms with E-state index in [0.29, 0.717) is 22.8 Å². The van der Waals surface area contributed by atoms with Crippen molar-refractivity contribution in [3.05, 3.63) is 53.1 Å². The molecule has 0 radical (unpaired) electrons. The van der Waals surface area contributed by atoms with Gasteiger partial charge in [-0.3, -0.25) is 0 Å². The van der Waals surface area contributed by atoms with Crippen LogP contribution in [0.5, 0.6) is 23.0 Å². The van der Waals surface area contributed by atoms with Gasteiger partial charge in [-0.15, -0.1) is 0 Å². The van der Waals surface area contributed by atoms with Crippen LogP contribution in [-0.2, 0) is 4.79 Å². The van der Waals surface area contributed by atoms with Gasteiger partial charge in [0.05, 0.1) is 26.9 Å². The van der Waals surface area contributed by atoms with Crippen LogP contribution in [0.4, 0.5) is 0 Å². The second-order valence-corrected chi connectivity index (χ2v) is 5.35. The molecule has 2 rings (SSSR count). The summed E-state index contributed by atoms with van der Waals surface area (Å²) in [4.78, 5) is 23.3. The average Bonchev–Trinajstić information content (AvgIpc) is 2.71. The van der Waals surface area contributed by atoms with Crippen molar-refractivity contribution in [2.45, 2.75) is 0 Å². The zero-order chi connectivity index (χ0) is 20.7. The Morgan fingerprint density at radius 1 is 1.00 bits per heavy atom. The fourth-order valence-electron chi connectivity index (χ4n) is 2.31. The molecule has 8 heteroatoms. The molecule has 0 fully saturated rings. The van der Waals surface area contributed by atoms with E-state index in [1.54, 1.807) is 6.07 Å². The Labute approximate surface area is 161 Å². The summed E-state index contributed by atoms with van der Waals surface area (Å²) in [6.07, 6.45) is 1.22. The van der Waals surface area contributed by atoms with Crippen LogP contribution in [0.25, 0.3) is 6.08 Å². The van der Waals surface area contributed by atoms with Crippen LogP contribution in [0.2, 0.25) is 0 Å². The van der Waals surface area contributed by atoms with Gasteiger partial charge < -0.3 is 24.1 Å². The number of carbonyl (C=O) groups excluding carboxylic acids is 1. The van der Waals surface area contributed by atoms with Gasteiger partial charge in [-0.2, -0.15) is 5.26 Å². The average molecular weight is 383 g/mol. The number of rotatable bonds is 7. The van der Waals surface area contributed by atoms with Crippen LogP contribution in [-0.4, -0.2) is 38.4 Å². The van der Waals surface area contributed by atoms with Crippen molar-refractivity contribution in [2.24, 2.45) is 0 Å². The molecule has 0 bridgehead atoms. The lowest BCUT2D eigenvalue weighted by Gasteiger charge is -2.13. The normalized spacial score (nSPS) is 10.6. The molecule has 0 aromatic heterocycles. The molecule has 0 aliphatic rings. The number of carbonyl (C=O) groups is 2. The van der Waals surface area contributed by atoms with E-state index < -0.39 is 17.5 Å². The Morgan fingerprint density at radius 2 is 1.57 bits per heavy atom. The summed E-state index contributed by atoms with van der Waals surface area (Å²) in [5.74, 6) is -0.751. The van der Waals surface area contributed by atoms with Gasteiger partial charge in [0.1, 0.15) is 17.4 Å². The molecular formula is C20H17NO7. The highest BCUT2D eigenvalue weighted by molar-refractivity contribution is 5.96. The molecule has 0 aliphatic heterocycles. The lowest BCUT2D eigenvalue weighted by atomic mass is 10.1. The summed E-state index contributed by atoms with van der Waals surface area (Å²) < 4.78 is 20.9. The predicted octanol–water partition coefficient (Wildman–Crippen LogP) is 2.92. The summed E-state index contributed by atoms with van der Waals surface area (Å²) >= 11 is 0. The summed E-state index contributed by atoms with van der Waals surface area (Å²) in [7, 11) is 4.33. The third-order valence-electron chi connectivity index (χ3n) is 3.65. The Balaban J connectivity index is 2.24. The fraction of sp³-hybridized carbons (Fsp3) is 0.150. The Hall–Kier alpha value is -3.99. The van der Waals surface area contributed by atoms with E-state index in [1.165, 1.54) is 63.8 Å². The van der Waals surface area contributed by atoms with Crippen molar-refractivity contribution in [2.75, 3.05) is 21.3 Å². The number of methoxy groups -OCH3 is 3. The highest BCUT2D eigenvalue weighted by Crippen LogP contribution is 2.38. The maximum atomic E-state index is 12.4. The number of aliphatic carboxylic acids is 1. The molecule has 0 saturated heterocycles. The molecule has 0 spiro atoms. The first-order valence-corrected chi connectivity index (χ1v) is 7.90. The van der Waals surface area contributed by atoms with Gasteiger partial charge in [0.25, 0.3) is 0 Å². The standard InChI is InChI=1S/C20H17NO7/c1-25-16-9-13(10-17(26-2)18(16)27-3)20(24)28-15-6-4-12(5-7-15)8-14(11-21)19(22)23/h4-10H,1-3H3,(H,22,23)/b14-8+. The Bertz CT molecular complexity index is 931. The van der Waals surface area contributed by atoms with Gasteiger partial charge in [0.2, 0.25) is 5.75 Å².